The third kappa shape index (κ3) is 2.47. The summed E-state index contributed by atoms with van der Waals surface area (Å²) in [6, 6.07) is 12.3. The van der Waals surface area contributed by atoms with E-state index in [9.17, 15) is 10.1 Å². The number of hydrogen-bond acceptors (Lipinski definition) is 7. The van der Waals surface area contributed by atoms with Crippen molar-refractivity contribution in [2.75, 3.05) is 22.9 Å². The van der Waals surface area contributed by atoms with Crippen molar-refractivity contribution in [3.63, 3.8) is 0 Å². The van der Waals surface area contributed by atoms with Crippen molar-refractivity contribution >= 4 is 33.0 Å². The highest BCUT2D eigenvalue weighted by molar-refractivity contribution is 7.21. The zero-order chi connectivity index (χ0) is 22.3. The second-order valence-corrected chi connectivity index (χ2v) is 10.4. The molecule has 1 aromatic carbocycles. The molecule has 164 valence electrons. The van der Waals surface area contributed by atoms with Gasteiger partial charge in [0, 0.05) is 36.3 Å². The van der Waals surface area contributed by atoms with Gasteiger partial charge < -0.3 is 10.6 Å². The molecule has 1 fully saturated rings. The number of allylic oxidation sites excluding steroid dienone is 3. The molecule has 1 saturated heterocycles. The number of benzene rings is 1. The molecule has 8 rings (SSSR count). The Hall–Kier alpha value is -3.37. The average molecular weight is 454 g/mol. The van der Waals surface area contributed by atoms with E-state index in [2.05, 4.69) is 15.9 Å². The molecule has 0 amide bonds. The Balaban J connectivity index is 1.52. The number of Topliss-reactive ketones (excluding diaryl/α,β-unsaturated/α-hetero) is 1. The van der Waals surface area contributed by atoms with Crippen LogP contribution in [0.3, 0.4) is 0 Å². The van der Waals surface area contributed by atoms with Gasteiger partial charge >= 0.3 is 0 Å². The number of hydrogen-bond donors (Lipinski definition) is 1. The smallest absolute Gasteiger partial charge is 0.161 e. The van der Waals surface area contributed by atoms with Crippen molar-refractivity contribution in [1.29, 1.82) is 5.26 Å². The van der Waals surface area contributed by atoms with Gasteiger partial charge in [0.05, 0.1) is 28.1 Å². The Morgan fingerprint density at radius 2 is 1.91 bits per heavy atom. The van der Waals surface area contributed by atoms with Crippen molar-refractivity contribution < 1.29 is 4.79 Å². The van der Waals surface area contributed by atoms with Crippen LogP contribution < -0.4 is 15.5 Å². The standard InChI is InChI=1S/C26H23N5OS/c27-13-16-19(14-5-2-1-3-6-14)21-17(7-4-8-18(21)32)31-24(16)29-23(28)22-20-15-9-11-30(12-10-15)25(20)33-26(22)31/h1-3,5-6,15,19H,4,7-12H2,(H2,28,29). The maximum absolute atomic E-state index is 13.4. The van der Waals surface area contributed by atoms with Crippen LogP contribution >= 0.6 is 11.3 Å². The number of ketones is 1. The van der Waals surface area contributed by atoms with Gasteiger partial charge in [0.1, 0.15) is 10.8 Å². The highest BCUT2D eigenvalue weighted by atomic mass is 32.1. The lowest BCUT2D eigenvalue weighted by Gasteiger charge is -2.41. The van der Waals surface area contributed by atoms with Crippen LogP contribution in [0.4, 0.5) is 10.0 Å². The Morgan fingerprint density at radius 3 is 2.67 bits per heavy atom. The van der Waals surface area contributed by atoms with Crippen LogP contribution in [0, 0.1) is 11.3 Å². The van der Waals surface area contributed by atoms with Gasteiger partial charge in [-0.3, -0.25) is 9.69 Å². The molecule has 0 radical (unpaired) electrons. The molecular formula is C26H23N5OS. The molecule has 1 aromatic heterocycles. The zero-order valence-electron chi connectivity index (χ0n) is 18.2. The summed E-state index contributed by atoms with van der Waals surface area (Å²) >= 11 is 1.76. The van der Waals surface area contributed by atoms with E-state index in [-0.39, 0.29) is 5.78 Å². The van der Waals surface area contributed by atoms with Gasteiger partial charge in [0.2, 0.25) is 0 Å². The summed E-state index contributed by atoms with van der Waals surface area (Å²) in [6.07, 6.45) is 4.45. The Morgan fingerprint density at radius 1 is 1.12 bits per heavy atom. The second kappa shape index (κ2) is 6.82. The normalized spacial score (nSPS) is 23.7. The van der Waals surface area contributed by atoms with E-state index in [1.807, 2.05) is 30.3 Å². The maximum Gasteiger partial charge on any atom is 0.161 e. The fourth-order valence-corrected chi connectivity index (χ4v) is 7.81. The molecule has 2 bridgehead atoms. The number of amidine groups is 1. The van der Waals surface area contributed by atoms with Gasteiger partial charge in [0.25, 0.3) is 0 Å². The second-order valence-electron chi connectivity index (χ2n) is 9.42. The molecule has 7 heteroatoms. The Kier molecular flexibility index (Phi) is 3.95. The van der Waals surface area contributed by atoms with Gasteiger partial charge in [-0.2, -0.15) is 5.26 Å². The number of anilines is 2. The first-order valence-electron chi connectivity index (χ1n) is 11.7. The minimum absolute atomic E-state index is 0.145. The fourth-order valence-electron chi connectivity index (χ4n) is 6.33. The Labute approximate surface area is 196 Å². The number of aliphatic imine (C=N–C) groups is 1. The number of thiophene rings is 1. The van der Waals surface area contributed by atoms with E-state index >= 15 is 0 Å². The molecule has 1 atom stereocenters. The van der Waals surface area contributed by atoms with Crippen LogP contribution in [0.25, 0.3) is 0 Å². The third-order valence-electron chi connectivity index (χ3n) is 7.77. The number of rotatable bonds is 1. The van der Waals surface area contributed by atoms with Crippen LogP contribution in [0.1, 0.15) is 60.6 Å². The van der Waals surface area contributed by atoms with Crippen molar-refractivity contribution in [3.8, 4) is 6.07 Å². The van der Waals surface area contributed by atoms with E-state index in [0.29, 0.717) is 29.6 Å². The molecule has 6 heterocycles. The largest absolute Gasteiger partial charge is 0.383 e. The number of nitrogens with zero attached hydrogens (tertiary/aromatic N) is 4. The molecule has 1 unspecified atom stereocenters. The molecule has 5 aliphatic heterocycles. The van der Waals surface area contributed by atoms with E-state index in [4.69, 9.17) is 10.7 Å². The van der Waals surface area contributed by atoms with Crippen LogP contribution in [0.5, 0.6) is 0 Å². The van der Waals surface area contributed by atoms with Gasteiger partial charge in [-0.15, -0.1) is 0 Å². The first kappa shape index (κ1) is 19.1. The first-order valence-corrected chi connectivity index (χ1v) is 12.5. The predicted octanol–water partition coefficient (Wildman–Crippen LogP) is 4.51. The summed E-state index contributed by atoms with van der Waals surface area (Å²) in [4.78, 5) is 22.8. The van der Waals surface area contributed by atoms with E-state index < -0.39 is 5.92 Å². The summed E-state index contributed by atoms with van der Waals surface area (Å²) < 4.78 is 0. The Bertz CT molecular complexity index is 1350. The predicted molar refractivity (Wildman–Crippen MR) is 129 cm³/mol. The van der Waals surface area contributed by atoms with E-state index in [1.165, 1.54) is 10.6 Å². The van der Waals surface area contributed by atoms with Gasteiger partial charge in [-0.1, -0.05) is 41.7 Å². The molecule has 1 aliphatic carbocycles. The van der Waals surface area contributed by atoms with Gasteiger partial charge in [-0.05, 0) is 37.2 Å². The SMILES string of the molecule is N#CC1=C2N=C(N)c3c(sc4c3C3CCN4CC3)N2C2=C(C(=O)CCC2)C1c1ccccc1. The average Bonchev–Trinajstić information content (AvgIpc) is 3.28. The monoisotopic (exact) mass is 453 g/mol. The molecule has 2 N–H and O–H groups in total. The van der Waals surface area contributed by atoms with Crippen molar-refractivity contribution in [2.24, 2.45) is 10.7 Å². The summed E-state index contributed by atoms with van der Waals surface area (Å²) in [5.41, 5.74) is 12.2. The molecule has 2 aromatic rings. The van der Waals surface area contributed by atoms with E-state index in [0.717, 1.165) is 66.2 Å². The topological polar surface area (TPSA) is 85.7 Å². The highest BCUT2D eigenvalue weighted by Crippen LogP contribution is 2.57. The number of fused-ring (bicyclic) bond motifs is 6. The summed E-state index contributed by atoms with van der Waals surface area (Å²) in [6.45, 7) is 2.17. The summed E-state index contributed by atoms with van der Waals surface area (Å²) in [7, 11) is 0. The minimum atomic E-state index is -0.391. The van der Waals surface area contributed by atoms with Gasteiger partial charge in [-0.25, -0.2) is 4.99 Å². The van der Waals surface area contributed by atoms with Gasteiger partial charge in [0.15, 0.2) is 11.6 Å². The zero-order valence-corrected chi connectivity index (χ0v) is 19.0. The first-order chi connectivity index (χ1) is 16.2. The number of carbonyl (C=O) groups is 1. The maximum atomic E-state index is 13.4. The number of carbonyl (C=O) groups excluding carboxylic acids is 1. The molecule has 6 aliphatic rings. The fraction of sp³-hybridized carbons (Fsp3) is 0.346. The lowest BCUT2D eigenvalue weighted by atomic mass is 9.75. The highest BCUT2D eigenvalue weighted by Gasteiger charge is 2.46. The van der Waals surface area contributed by atoms with Crippen LogP contribution in [0.2, 0.25) is 0 Å². The van der Waals surface area contributed by atoms with Crippen molar-refractivity contribution in [2.45, 2.75) is 43.9 Å². The summed E-state index contributed by atoms with van der Waals surface area (Å²) in [5, 5.41) is 12.7. The lowest BCUT2D eigenvalue weighted by molar-refractivity contribution is -0.116. The van der Waals surface area contributed by atoms with Crippen molar-refractivity contribution in [3.05, 3.63) is 69.7 Å². The lowest BCUT2D eigenvalue weighted by Crippen LogP contribution is -2.40. The van der Waals surface area contributed by atoms with Crippen LogP contribution in [-0.2, 0) is 4.79 Å². The van der Waals surface area contributed by atoms with Crippen LogP contribution in [-0.4, -0.2) is 24.7 Å². The molecule has 0 saturated carbocycles. The minimum Gasteiger partial charge on any atom is -0.383 e. The van der Waals surface area contributed by atoms with E-state index in [1.54, 1.807) is 11.3 Å². The number of nitrogens with two attached hydrogens (primary N) is 1. The summed E-state index contributed by atoms with van der Waals surface area (Å²) in [5.74, 6) is 1.38. The van der Waals surface area contributed by atoms with Crippen molar-refractivity contribution in [1.82, 2.24) is 0 Å². The molecule has 33 heavy (non-hydrogen) atoms. The number of piperidine rings is 1. The quantitative estimate of drug-likeness (QED) is 0.687. The van der Waals surface area contributed by atoms with Crippen LogP contribution in [0.15, 0.2) is 58.0 Å². The third-order valence-corrected chi connectivity index (χ3v) is 9.02. The number of nitriles is 1. The molecule has 0 spiro atoms. The molecule has 6 nitrogen and oxygen atoms in total. The molecular weight excluding hydrogens is 430 g/mol.